The molecule has 0 saturated carbocycles. The Labute approximate surface area is 203 Å². The first-order valence-corrected chi connectivity index (χ1v) is 11.5. The highest BCUT2D eigenvalue weighted by Gasteiger charge is 2.12. The Hall–Kier alpha value is -3.55. The summed E-state index contributed by atoms with van der Waals surface area (Å²) in [5.41, 5.74) is 0.789. The predicted molar refractivity (Wildman–Crippen MR) is 130 cm³/mol. The van der Waals surface area contributed by atoms with Crippen LogP contribution in [0.3, 0.4) is 0 Å². The smallest absolute Gasteiger partial charge is 0.324 e. The molecule has 34 heavy (non-hydrogen) atoms. The minimum atomic E-state index is -0.531. The lowest BCUT2D eigenvalue weighted by molar-refractivity contribution is 0.236. The molecule has 1 aromatic carbocycles. The van der Waals surface area contributed by atoms with E-state index in [0.717, 1.165) is 19.6 Å². The molecule has 4 amide bonds. The molecule has 1 aromatic heterocycles. The molecule has 0 radical (unpaired) electrons. The molecule has 10 nitrogen and oxygen atoms in total. The first-order chi connectivity index (χ1) is 16.5. The molecule has 1 aliphatic heterocycles. The number of halogens is 1. The fourth-order valence-corrected chi connectivity index (χ4v) is 3.55. The van der Waals surface area contributed by atoms with Gasteiger partial charge in [-0.3, -0.25) is 5.32 Å². The van der Waals surface area contributed by atoms with Gasteiger partial charge in [0.25, 0.3) is 0 Å². The van der Waals surface area contributed by atoms with Crippen molar-refractivity contribution in [2.24, 2.45) is 0 Å². The van der Waals surface area contributed by atoms with Crippen molar-refractivity contribution < 1.29 is 14.3 Å². The number of hydrogen-bond donors (Lipinski definition) is 4. The van der Waals surface area contributed by atoms with E-state index in [2.05, 4.69) is 31.2 Å². The molecule has 0 aliphatic carbocycles. The molecule has 11 heteroatoms. The lowest BCUT2D eigenvalue weighted by Crippen LogP contribution is -2.40. The van der Waals surface area contributed by atoms with Crippen LogP contribution in [0.4, 0.5) is 21.1 Å². The molecule has 0 atom stereocenters. The predicted octanol–water partition coefficient (Wildman–Crippen LogP) is 3.41. The number of ether oxygens (including phenoxy) is 1. The highest BCUT2D eigenvalue weighted by molar-refractivity contribution is 6.31. The van der Waals surface area contributed by atoms with Gasteiger partial charge >= 0.3 is 12.1 Å². The Bertz CT molecular complexity index is 1000. The highest BCUT2D eigenvalue weighted by Crippen LogP contribution is 2.28. The van der Waals surface area contributed by atoms with Gasteiger partial charge < -0.3 is 25.6 Å². The summed E-state index contributed by atoms with van der Waals surface area (Å²) in [6, 6.07) is 9.23. The van der Waals surface area contributed by atoms with E-state index in [9.17, 15) is 9.59 Å². The van der Waals surface area contributed by atoms with Crippen molar-refractivity contribution in [3.8, 4) is 11.8 Å². The topological polar surface area (TPSA) is 131 Å². The van der Waals surface area contributed by atoms with Gasteiger partial charge in [-0.25, -0.2) is 14.6 Å². The second kappa shape index (κ2) is 13.2. The molecule has 4 N–H and O–H groups in total. The summed E-state index contributed by atoms with van der Waals surface area (Å²) in [6.07, 6.45) is 4.42. The number of nitrogens with one attached hydrogen (secondary N) is 4. The Balaban J connectivity index is 1.38. The van der Waals surface area contributed by atoms with Gasteiger partial charge in [0.15, 0.2) is 0 Å². The molecular formula is C23H28ClN7O3. The van der Waals surface area contributed by atoms with Crippen LogP contribution in [0.5, 0.6) is 5.75 Å². The normalized spacial score (nSPS) is 13.1. The van der Waals surface area contributed by atoms with E-state index in [1.54, 1.807) is 24.3 Å². The third-order valence-electron chi connectivity index (χ3n) is 5.10. The van der Waals surface area contributed by atoms with Crippen molar-refractivity contribution in [1.82, 2.24) is 20.5 Å². The van der Waals surface area contributed by atoms with E-state index in [4.69, 9.17) is 21.6 Å². The molecule has 0 bridgehead atoms. The number of carbonyl (C=O) groups excluding carboxylic acids is 2. The number of amides is 4. The summed E-state index contributed by atoms with van der Waals surface area (Å²) in [6.45, 7) is 4.51. The van der Waals surface area contributed by atoms with Crippen LogP contribution in [-0.2, 0) is 0 Å². The molecule has 1 saturated heterocycles. The number of benzene rings is 1. The number of nitrogens with zero attached hydrogens (tertiary/aromatic N) is 3. The number of nitriles is 1. The Morgan fingerprint density at radius 3 is 2.62 bits per heavy atom. The first-order valence-electron chi connectivity index (χ1n) is 11.1. The van der Waals surface area contributed by atoms with Crippen molar-refractivity contribution in [1.29, 1.82) is 5.26 Å². The van der Waals surface area contributed by atoms with Gasteiger partial charge in [-0.2, -0.15) is 5.26 Å². The van der Waals surface area contributed by atoms with Gasteiger partial charge in [0, 0.05) is 30.9 Å². The van der Waals surface area contributed by atoms with Gasteiger partial charge in [0.1, 0.15) is 17.6 Å². The molecule has 180 valence electrons. The quantitative estimate of drug-likeness (QED) is 0.381. The molecule has 0 spiro atoms. The van der Waals surface area contributed by atoms with E-state index in [1.165, 1.54) is 25.1 Å². The van der Waals surface area contributed by atoms with Crippen LogP contribution < -0.4 is 26.0 Å². The zero-order valence-electron chi connectivity index (χ0n) is 18.8. The van der Waals surface area contributed by atoms with E-state index in [0.29, 0.717) is 54.0 Å². The third-order valence-corrected chi connectivity index (χ3v) is 5.34. The van der Waals surface area contributed by atoms with Crippen molar-refractivity contribution in [3.63, 3.8) is 0 Å². The summed E-state index contributed by atoms with van der Waals surface area (Å²) in [7, 11) is 0. The second-order valence-corrected chi connectivity index (χ2v) is 8.13. The van der Waals surface area contributed by atoms with Crippen LogP contribution in [0.1, 0.15) is 24.8 Å². The zero-order valence-corrected chi connectivity index (χ0v) is 19.5. The number of hydrogen-bond acceptors (Lipinski definition) is 6. The van der Waals surface area contributed by atoms with Crippen molar-refractivity contribution in [2.45, 2.75) is 19.3 Å². The highest BCUT2D eigenvalue weighted by atomic mass is 35.5. The summed E-state index contributed by atoms with van der Waals surface area (Å²) in [5, 5.41) is 20.2. The minimum absolute atomic E-state index is 0.193. The number of aromatic nitrogens is 1. The molecular weight excluding hydrogens is 458 g/mol. The van der Waals surface area contributed by atoms with Gasteiger partial charge in [-0.05, 0) is 62.7 Å². The largest absolute Gasteiger partial charge is 0.491 e. The van der Waals surface area contributed by atoms with Crippen LogP contribution in [0.15, 0.2) is 36.5 Å². The fourth-order valence-electron chi connectivity index (χ4n) is 3.38. The molecule has 2 heterocycles. The maximum Gasteiger partial charge on any atom is 0.324 e. The SMILES string of the molecule is N#Cc1ccc(NC(=O)Nc2cc(Cl)ccc2OCCCNC(=O)NCCN2CCCC2)nc1. The van der Waals surface area contributed by atoms with Crippen molar-refractivity contribution in [2.75, 3.05) is 50.0 Å². The monoisotopic (exact) mass is 485 g/mol. The molecule has 3 rings (SSSR count). The molecule has 0 unspecified atom stereocenters. The number of likely N-dealkylation sites (tertiary alicyclic amines) is 1. The van der Waals surface area contributed by atoms with Crippen LogP contribution in [0.2, 0.25) is 5.02 Å². The standard InChI is InChI=1S/C23H28ClN7O3/c24-18-5-6-20(19(14-18)29-23(33)30-21-7-4-17(15-25)16-28-21)34-13-3-8-26-22(32)27-9-12-31-10-1-2-11-31/h4-7,14,16H,1-3,8-13H2,(H2,26,27,32)(H2,28,29,30,33). The van der Waals surface area contributed by atoms with Crippen LogP contribution >= 0.6 is 11.6 Å². The molecule has 2 aromatic rings. The average Bonchev–Trinajstić information content (AvgIpc) is 3.34. The lowest BCUT2D eigenvalue weighted by Gasteiger charge is -2.15. The summed E-state index contributed by atoms with van der Waals surface area (Å²) < 4.78 is 5.77. The number of urea groups is 2. The maximum absolute atomic E-state index is 12.3. The van der Waals surface area contributed by atoms with Crippen molar-refractivity contribution in [3.05, 3.63) is 47.1 Å². The number of rotatable bonds is 10. The Kier molecular flexibility index (Phi) is 9.76. The fraction of sp³-hybridized carbons (Fsp3) is 0.391. The third kappa shape index (κ3) is 8.42. The van der Waals surface area contributed by atoms with Crippen LogP contribution in [0.25, 0.3) is 0 Å². The Morgan fingerprint density at radius 2 is 1.88 bits per heavy atom. The minimum Gasteiger partial charge on any atom is -0.491 e. The summed E-state index contributed by atoms with van der Waals surface area (Å²) in [5.74, 6) is 0.744. The second-order valence-electron chi connectivity index (χ2n) is 7.70. The van der Waals surface area contributed by atoms with Crippen LogP contribution in [-0.4, -0.2) is 61.3 Å². The van der Waals surface area contributed by atoms with Gasteiger partial charge in [0.05, 0.1) is 17.9 Å². The summed E-state index contributed by atoms with van der Waals surface area (Å²) in [4.78, 5) is 30.6. The number of pyridine rings is 1. The van der Waals surface area contributed by atoms with Gasteiger partial charge in [-0.1, -0.05) is 11.6 Å². The van der Waals surface area contributed by atoms with E-state index < -0.39 is 6.03 Å². The van der Waals surface area contributed by atoms with E-state index in [1.807, 2.05) is 6.07 Å². The van der Waals surface area contributed by atoms with E-state index in [-0.39, 0.29) is 6.03 Å². The van der Waals surface area contributed by atoms with Gasteiger partial charge in [-0.15, -0.1) is 0 Å². The average molecular weight is 486 g/mol. The molecule has 1 aliphatic rings. The Morgan fingerprint density at radius 1 is 1.09 bits per heavy atom. The summed E-state index contributed by atoms with van der Waals surface area (Å²) >= 11 is 6.07. The first kappa shape index (κ1) is 25.1. The maximum atomic E-state index is 12.3. The van der Waals surface area contributed by atoms with Gasteiger partial charge in [0.2, 0.25) is 0 Å². The van der Waals surface area contributed by atoms with Crippen molar-refractivity contribution >= 4 is 35.2 Å². The lowest BCUT2D eigenvalue weighted by atomic mass is 10.3. The van der Waals surface area contributed by atoms with E-state index >= 15 is 0 Å². The number of anilines is 2. The zero-order chi connectivity index (χ0) is 24.2. The van der Waals surface area contributed by atoms with Crippen LogP contribution in [0, 0.1) is 11.3 Å². The number of carbonyl (C=O) groups is 2. The molecule has 1 fully saturated rings.